The summed E-state index contributed by atoms with van der Waals surface area (Å²) in [7, 11) is -4.30. The molecule has 0 aliphatic rings. The third-order valence-corrected chi connectivity index (χ3v) is 6.21. The largest absolute Gasteiger partial charge is 0.478 e. The van der Waals surface area contributed by atoms with Crippen LogP contribution in [0.4, 0.5) is 0 Å². The molecule has 4 aromatic rings. The first kappa shape index (κ1) is 23.9. The summed E-state index contributed by atoms with van der Waals surface area (Å²) in [5.74, 6) is -1.64. The van der Waals surface area contributed by atoms with E-state index >= 15 is 0 Å². The standard InChI is InChI=1S/C25H19NO8S/c27-23-20(11-15-1-5-17(6-2-15)24(28)29)13-19-12-18(7-10-22(19)26-23)25(30)34-14-16-3-8-21(9-4-16)35(31,32)33/h1-10,12-13H,11,14H2,(H,26,27)(H,28,29)(H,31,32,33). The van der Waals surface area contributed by atoms with Gasteiger partial charge in [0.15, 0.2) is 0 Å². The van der Waals surface area contributed by atoms with E-state index in [9.17, 15) is 22.8 Å². The van der Waals surface area contributed by atoms with Gasteiger partial charge >= 0.3 is 11.9 Å². The first-order valence-electron chi connectivity index (χ1n) is 10.3. The minimum absolute atomic E-state index is 0.105. The lowest BCUT2D eigenvalue weighted by Crippen LogP contribution is -2.13. The van der Waals surface area contributed by atoms with Gasteiger partial charge in [0.25, 0.3) is 15.7 Å². The van der Waals surface area contributed by atoms with Crippen molar-refractivity contribution in [1.82, 2.24) is 4.98 Å². The predicted molar refractivity (Wildman–Crippen MR) is 126 cm³/mol. The summed E-state index contributed by atoms with van der Waals surface area (Å²) in [6, 6.07) is 17.9. The number of H-pyrrole nitrogens is 1. The summed E-state index contributed by atoms with van der Waals surface area (Å²) in [5, 5.41) is 9.64. The van der Waals surface area contributed by atoms with Crippen molar-refractivity contribution in [1.29, 1.82) is 0 Å². The number of nitrogens with one attached hydrogen (secondary N) is 1. The van der Waals surface area contributed by atoms with E-state index in [2.05, 4.69) is 4.98 Å². The van der Waals surface area contributed by atoms with Crippen LogP contribution in [0.1, 0.15) is 37.4 Å². The zero-order valence-electron chi connectivity index (χ0n) is 18.1. The molecular weight excluding hydrogens is 474 g/mol. The number of esters is 1. The molecule has 9 nitrogen and oxygen atoms in total. The topological polar surface area (TPSA) is 151 Å². The Morgan fingerprint density at radius 2 is 1.49 bits per heavy atom. The monoisotopic (exact) mass is 493 g/mol. The van der Waals surface area contributed by atoms with E-state index in [1.807, 2.05) is 0 Å². The van der Waals surface area contributed by atoms with Crippen LogP contribution in [0.5, 0.6) is 0 Å². The summed E-state index contributed by atoms with van der Waals surface area (Å²) in [5.41, 5.74) is 2.41. The summed E-state index contributed by atoms with van der Waals surface area (Å²) in [6.45, 7) is -0.105. The number of carbonyl (C=O) groups excluding carboxylic acids is 1. The maximum Gasteiger partial charge on any atom is 0.338 e. The molecule has 3 aromatic carbocycles. The number of benzene rings is 3. The average molecular weight is 493 g/mol. The highest BCUT2D eigenvalue weighted by Gasteiger charge is 2.12. The number of ether oxygens (including phenoxy) is 1. The van der Waals surface area contributed by atoms with Crippen molar-refractivity contribution in [2.24, 2.45) is 0 Å². The molecule has 10 heteroatoms. The van der Waals surface area contributed by atoms with Crippen molar-refractivity contribution in [3.63, 3.8) is 0 Å². The number of pyridine rings is 1. The van der Waals surface area contributed by atoms with Crippen molar-refractivity contribution in [2.45, 2.75) is 17.9 Å². The molecule has 1 aromatic heterocycles. The second kappa shape index (κ2) is 9.53. The second-order valence-electron chi connectivity index (χ2n) is 7.80. The van der Waals surface area contributed by atoms with E-state index in [0.717, 1.165) is 5.56 Å². The first-order valence-corrected chi connectivity index (χ1v) is 11.8. The molecule has 0 radical (unpaired) electrons. The number of aromatic amines is 1. The molecular formula is C25H19NO8S. The van der Waals surface area contributed by atoms with Crippen molar-refractivity contribution < 1.29 is 32.4 Å². The molecule has 0 amide bonds. The van der Waals surface area contributed by atoms with E-state index in [-0.39, 0.29) is 34.6 Å². The molecule has 4 rings (SSSR count). The highest BCUT2D eigenvalue weighted by Crippen LogP contribution is 2.18. The molecule has 0 saturated carbocycles. The lowest BCUT2D eigenvalue weighted by molar-refractivity contribution is 0.0472. The SMILES string of the molecule is O=C(O)c1ccc(Cc2cc3cc(C(=O)OCc4ccc(S(=O)(=O)O)cc4)ccc3[nH]c2=O)cc1. The minimum atomic E-state index is -4.30. The number of rotatable bonds is 7. The first-order chi connectivity index (χ1) is 16.6. The van der Waals surface area contributed by atoms with Crippen LogP contribution in [0.3, 0.4) is 0 Å². The molecule has 0 aliphatic carbocycles. The molecule has 0 saturated heterocycles. The van der Waals surface area contributed by atoms with Crippen LogP contribution in [0.25, 0.3) is 10.9 Å². The third-order valence-electron chi connectivity index (χ3n) is 5.34. The van der Waals surface area contributed by atoms with E-state index < -0.39 is 22.1 Å². The summed E-state index contributed by atoms with van der Waals surface area (Å²) in [4.78, 5) is 38.6. The number of carbonyl (C=O) groups is 2. The Kier molecular flexibility index (Phi) is 6.50. The van der Waals surface area contributed by atoms with Gasteiger partial charge in [-0.25, -0.2) is 9.59 Å². The van der Waals surface area contributed by atoms with Crippen LogP contribution in [-0.4, -0.2) is 35.0 Å². The van der Waals surface area contributed by atoms with Crippen LogP contribution >= 0.6 is 0 Å². The number of carboxylic acid groups (broad SMARTS) is 1. The second-order valence-corrected chi connectivity index (χ2v) is 9.22. The molecule has 178 valence electrons. The number of hydrogen-bond acceptors (Lipinski definition) is 6. The van der Waals surface area contributed by atoms with Gasteiger partial charge in [-0.2, -0.15) is 8.42 Å². The highest BCUT2D eigenvalue weighted by atomic mass is 32.2. The van der Waals surface area contributed by atoms with E-state index in [1.165, 1.54) is 42.5 Å². The Bertz CT molecular complexity index is 1590. The molecule has 0 aliphatic heterocycles. The van der Waals surface area contributed by atoms with Gasteiger partial charge in [0.1, 0.15) is 6.61 Å². The molecule has 1 heterocycles. The Morgan fingerprint density at radius 3 is 2.11 bits per heavy atom. The summed E-state index contributed by atoms with van der Waals surface area (Å²) < 4.78 is 36.6. The van der Waals surface area contributed by atoms with Gasteiger partial charge in [0, 0.05) is 17.5 Å². The number of carboxylic acids is 1. The van der Waals surface area contributed by atoms with Gasteiger partial charge in [-0.05, 0) is 65.0 Å². The fourth-order valence-electron chi connectivity index (χ4n) is 3.49. The smallest absolute Gasteiger partial charge is 0.338 e. The van der Waals surface area contributed by atoms with Crippen molar-refractivity contribution >= 4 is 33.0 Å². The van der Waals surface area contributed by atoms with Gasteiger partial charge in [-0.15, -0.1) is 0 Å². The maximum atomic E-state index is 12.5. The van der Waals surface area contributed by atoms with Crippen molar-refractivity contribution in [3.05, 3.63) is 111 Å². The molecule has 0 atom stereocenters. The third kappa shape index (κ3) is 5.62. The van der Waals surface area contributed by atoms with Gasteiger partial charge in [0.05, 0.1) is 16.0 Å². The Morgan fingerprint density at radius 1 is 0.857 bits per heavy atom. The predicted octanol–water partition coefficient (Wildman–Crippen LogP) is 3.42. The highest BCUT2D eigenvalue weighted by molar-refractivity contribution is 7.85. The van der Waals surface area contributed by atoms with Gasteiger partial charge in [0.2, 0.25) is 0 Å². The zero-order valence-corrected chi connectivity index (χ0v) is 18.9. The molecule has 0 bridgehead atoms. The lowest BCUT2D eigenvalue weighted by atomic mass is 10.0. The van der Waals surface area contributed by atoms with E-state index in [4.69, 9.17) is 14.4 Å². The quantitative estimate of drug-likeness (QED) is 0.262. The molecule has 0 unspecified atom stereocenters. The maximum absolute atomic E-state index is 12.5. The lowest BCUT2D eigenvalue weighted by Gasteiger charge is -2.08. The van der Waals surface area contributed by atoms with Crippen LogP contribution in [0.2, 0.25) is 0 Å². The van der Waals surface area contributed by atoms with Gasteiger partial charge < -0.3 is 14.8 Å². The van der Waals surface area contributed by atoms with Crippen LogP contribution < -0.4 is 5.56 Å². The van der Waals surface area contributed by atoms with E-state index in [0.29, 0.717) is 22.0 Å². The molecule has 35 heavy (non-hydrogen) atoms. The molecule has 0 fully saturated rings. The number of hydrogen-bond donors (Lipinski definition) is 3. The fraction of sp³-hybridized carbons (Fsp3) is 0.0800. The summed E-state index contributed by atoms with van der Waals surface area (Å²) >= 11 is 0. The van der Waals surface area contributed by atoms with Crippen LogP contribution in [0.15, 0.2) is 82.5 Å². The number of aromatic nitrogens is 1. The van der Waals surface area contributed by atoms with E-state index in [1.54, 1.807) is 30.3 Å². The van der Waals surface area contributed by atoms with Crippen molar-refractivity contribution in [2.75, 3.05) is 0 Å². The Hall–Kier alpha value is -4.28. The number of aromatic carboxylic acids is 1. The normalized spacial score (nSPS) is 11.3. The van der Waals surface area contributed by atoms with Crippen LogP contribution in [-0.2, 0) is 27.9 Å². The van der Waals surface area contributed by atoms with Gasteiger partial charge in [-0.3, -0.25) is 9.35 Å². The zero-order chi connectivity index (χ0) is 25.2. The molecule has 0 spiro atoms. The summed E-state index contributed by atoms with van der Waals surface area (Å²) in [6.07, 6.45) is 0.277. The Labute approximate surface area is 199 Å². The van der Waals surface area contributed by atoms with Crippen molar-refractivity contribution in [3.8, 4) is 0 Å². The molecule has 3 N–H and O–H groups in total. The minimum Gasteiger partial charge on any atom is -0.478 e. The van der Waals surface area contributed by atoms with Gasteiger partial charge in [-0.1, -0.05) is 24.3 Å². The number of fused-ring (bicyclic) bond motifs is 1. The van der Waals surface area contributed by atoms with Crippen LogP contribution in [0, 0.1) is 0 Å². The fourth-order valence-corrected chi connectivity index (χ4v) is 3.97. The average Bonchev–Trinajstić information content (AvgIpc) is 2.83. The Balaban J connectivity index is 1.51.